The first kappa shape index (κ1) is 10.8. The molecule has 0 unspecified atom stereocenters. The predicted octanol–water partition coefficient (Wildman–Crippen LogP) is 1.40. The van der Waals surface area contributed by atoms with Crippen LogP contribution in [0.15, 0.2) is 23.4 Å². The largest absolute Gasteiger partial charge is 0.343 e. The molecule has 0 atom stereocenters. The molecule has 84 valence electrons. The van der Waals surface area contributed by atoms with Gasteiger partial charge in [0.25, 0.3) is 14.7 Å². The van der Waals surface area contributed by atoms with E-state index >= 15 is 0 Å². The molecule has 1 aromatic heterocycles. The van der Waals surface area contributed by atoms with E-state index in [0.717, 1.165) is 12.1 Å². The fourth-order valence-electron chi connectivity index (χ4n) is 1.34. The first-order chi connectivity index (χ1) is 7.41. The zero-order chi connectivity index (χ0) is 11.9. The molecule has 0 aliphatic heterocycles. The summed E-state index contributed by atoms with van der Waals surface area (Å²) in [6.07, 6.45) is 1.17. The molecule has 0 saturated heterocycles. The molecule has 2 aromatic rings. The summed E-state index contributed by atoms with van der Waals surface area (Å²) in [6, 6.07) is 2.12. The number of aromatic nitrogens is 2. The molecule has 0 fully saturated rings. The summed E-state index contributed by atoms with van der Waals surface area (Å²) < 4.78 is 22.3. The fraction of sp³-hybridized carbons (Fsp3) is 0. The smallest absolute Gasteiger partial charge is 0.297 e. The molecule has 9 heteroatoms. The second-order valence-corrected chi connectivity index (χ2v) is 5.44. The van der Waals surface area contributed by atoms with Gasteiger partial charge in [0.2, 0.25) is 0 Å². The summed E-state index contributed by atoms with van der Waals surface area (Å²) in [4.78, 5) is 16.0. The standard InChI is InChI=1S/C7H4ClN3O4S/c8-16(14,15)5-2-1-4(11(12)13)6-7(5)10-3-9-6/h1-3H,(H,9,10). The summed E-state index contributed by atoms with van der Waals surface area (Å²) >= 11 is 0. The van der Waals surface area contributed by atoms with Crippen molar-refractivity contribution in [3.63, 3.8) is 0 Å². The number of hydrogen-bond acceptors (Lipinski definition) is 5. The highest BCUT2D eigenvalue weighted by molar-refractivity contribution is 8.14. The highest BCUT2D eigenvalue weighted by atomic mass is 35.7. The lowest BCUT2D eigenvalue weighted by Gasteiger charge is -1.98. The van der Waals surface area contributed by atoms with Crippen LogP contribution < -0.4 is 0 Å². The van der Waals surface area contributed by atoms with Crippen molar-refractivity contribution in [3.8, 4) is 0 Å². The Labute approximate surface area is 93.6 Å². The fourth-order valence-corrected chi connectivity index (χ4v) is 2.36. The Hall–Kier alpha value is -1.67. The number of non-ortho nitro benzene ring substituents is 1. The number of nitro benzene ring substituents is 1. The van der Waals surface area contributed by atoms with E-state index in [9.17, 15) is 18.5 Å². The molecule has 0 aliphatic rings. The van der Waals surface area contributed by atoms with Gasteiger partial charge >= 0.3 is 0 Å². The third-order valence-corrected chi connectivity index (χ3v) is 3.34. The summed E-state index contributed by atoms with van der Waals surface area (Å²) in [6.45, 7) is 0. The van der Waals surface area contributed by atoms with Gasteiger partial charge in [-0.2, -0.15) is 0 Å². The van der Waals surface area contributed by atoms with Crippen LogP contribution in [0.5, 0.6) is 0 Å². The maximum absolute atomic E-state index is 11.2. The summed E-state index contributed by atoms with van der Waals surface area (Å²) in [5, 5.41) is 10.6. The maximum Gasteiger partial charge on any atom is 0.297 e. The van der Waals surface area contributed by atoms with Crippen LogP contribution in [-0.2, 0) is 9.05 Å². The Bertz CT molecular complexity index is 678. The Morgan fingerprint density at radius 2 is 2.12 bits per heavy atom. The van der Waals surface area contributed by atoms with Crippen LogP contribution in [-0.4, -0.2) is 23.3 Å². The van der Waals surface area contributed by atoms with Gasteiger partial charge in [0.05, 0.1) is 16.8 Å². The van der Waals surface area contributed by atoms with E-state index in [1.807, 2.05) is 0 Å². The number of imidazole rings is 1. The zero-order valence-electron chi connectivity index (χ0n) is 7.55. The Morgan fingerprint density at radius 1 is 1.44 bits per heavy atom. The van der Waals surface area contributed by atoms with E-state index in [1.54, 1.807) is 0 Å². The Morgan fingerprint density at radius 3 is 2.69 bits per heavy atom. The number of nitro groups is 1. The molecule has 1 N–H and O–H groups in total. The number of nitrogens with one attached hydrogen (secondary N) is 1. The van der Waals surface area contributed by atoms with Gasteiger partial charge in [-0.25, -0.2) is 13.4 Å². The molecule has 0 radical (unpaired) electrons. The second kappa shape index (κ2) is 3.42. The van der Waals surface area contributed by atoms with Gasteiger partial charge in [-0.3, -0.25) is 10.1 Å². The quantitative estimate of drug-likeness (QED) is 0.499. The van der Waals surface area contributed by atoms with Crippen LogP contribution in [0.2, 0.25) is 0 Å². The molecule has 0 bridgehead atoms. The van der Waals surface area contributed by atoms with Crippen molar-refractivity contribution in [2.24, 2.45) is 0 Å². The number of hydrogen-bond donors (Lipinski definition) is 1. The maximum atomic E-state index is 11.2. The van der Waals surface area contributed by atoms with Gasteiger partial charge in [0.1, 0.15) is 4.90 Å². The average Bonchev–Trinajstić information content (AvgIpc) is 2.61. The van der Waals surface area contributed by atoms with Gasteiger partial charge < -0.3 is 4.98 Å². The third-order valence-electron chi connectivity index (χ3n) is 1.98. The van der Waals surface area contributed by atoms with Gasteiger partial charge in [-0.1, -0.05) is 0 Å². The summed E-state index contributed by atoms with van der Waals surface area (Å²) in [7, 11) is 1.22. The van der Waals surface area contributed by atoms with Crippen LogP contribution in [0, 0.1) is 10.1 Å². The van der Waals surface area contributed by atoms with E-state index in [-0.39, 0.29) is 21.6 Å². The minimum Gasteiger partial charge on any atom is -0.343 e. The van der Waals surface area contributed by atoms with Crippen LogP contribution in [0.1, 0.15) is 0 Å². The zero-order valence-corrected chi connectivity index (χ0v) is 9.12. The van der Waals surface area contributed by atoms with E-state index in [1.165, 1.54) is 6.33 Å². The molecule has 16 heavy (non-hydrogen) atoms. The Balaban J connectivity index is 2.89. The molecule has 7 nitrogen and oxygen atoms in total. The van der Waals surface area contributed by atoms with Gasteiger partial charge in [0.15, 0.2) is 5.52 Å². The first-order valence-corrected chi connectivity index (χ1v) is 6.27. The molecule has 0 spiro atoms. The van der Waals surface area contributed by atoms with Crippen molar-refractivity contribution >= 4 is 36.5 Å². The molecule has 2 rings (SSSR count). The Kier molecular flexibility index (Phi) is 2.32. The van der Waals surface area contributed by atoms with Crippen molar-refractivity contribution < 1.29 is 13.3 Å². The van der Waals surface area contributed by atoms with Crippen molar-refractivity contribution in [2.75, 3.05) is 0 Å². The SMILES string of the molecule is O=[N+]([O-])c1ccc(S(=O)(=O)Cl)c2[nH]cnc12. The van der Waals surface area contributed by atoms with Crippen molar-refractivity contribution in [1.29, 1.82) is 0 Å². The predicted molar refractivity (Wildman–Crippen MR) is 55.8 cm³/mol. The van der Waals surface area contributed by atoms with E-state index in [2.05, 4.69) is 9.97 Å². The second-order valence-electron chi connectivity index (χ2n) is 2.90. The van der Waals surface area contributed by atoms with Crippen LogP contribution in [0.3, 0.4) is 0 Å². The number of rotatable bonds is 2. The minimum absolute atomic E-state index is 0.0317. The number of H-pyrrole nitrogens is 1. The highest BCUT2D eigenvalue weighted by Gasteiger charge is 2.22. The van der Waals surface area contributed by atoms with Crippen molar-refractivity contribution in [3.05, 3.63) is 28.6 Å². The van der Waals surface area contributed by atoms with Crippen LogP contribution in [0.25, 0.3) is 11.0 Å². The van der Waals surface area contributed by atoms with E-state index < -0.39 is 14.0 Å². The molecule has 0 aliphatic carbocycles. The number of benzene rings is 1. The minimum atomic E-state index is -3.96. The third kappa shape index (κ3) is 1.61. The van der Waals surface area contributed by atoms with Crippen LogP contribution >= 0.6 is 10.7 Å². The number of fused-ring (bicyclic) bond motifs is 1. The molecule has 0 amide bonds. The number of halogens is 1. The van der Waals surface area contributed by atoms with Gasteiger partial charge in [-0.15, -0.1) is 0 Å². The lowest BCUT2D eigenvalue weighted by atomic mass is 10.3. The van der Waals surface area contributed by atoms with Gasteiger partial charge in [-0.05, 0) is 6.07 Å². The molecular formula is C7H4ClN3O4S. The number of aromatic amines is 1. The molecular weight excluding hydrogens is 258 g/mol. The highest BCUT2D eigenvalue weighted by Crippen LogP contribution is 2.29. The van der Waals surface area contributed by atoms with E-state index in [4.69, 9.17) is 10.7 Å². The first-order valence-electron chi connectivity index (χ1n) is 3.96. The van der Waals surface area contributed by atoms with Crippen molar-refractivity contribution in [2.45, 2.75) is 4.90 Å². The number of nitrogens with zero attached hydrogens (tertiary/aromatic N) is 2. The van der Waals surface area contributed by atoms with Crippen LogP contribution in [0.4, 0.5) is 5.69 Å². The molecule has 0 saturated carbocycles. The monoisotopic (exact) mass is 261 g/mol. The van der Waals surface area contributed by atoms with Crippen molar-refractivity contribution in [1.82, 2.24) is 9.97 Å². The normalized spacial score (nSPS) is 11.8. The molecule has 1 aromatic carbocycles. The lowest BCUT2D eigenvalue weighted by Crippen LogP contribution is -1.95. The summed E-state index contributed by atoms with van der Waals surface area (Å²) in [5.41, 5.74) is -0.281. The topological polar surface area (TPSA) is 106 Å². The van der Waals surface area contributed by atoms with E-state index in [0.29, 0.717) is 0 Å². The lowest BCUT2D eigenvalue weighted by molar-refractivity contribution is -0.383. The molecule has 1 heterocycles. The summed E-state index contributed by atoms with van der Waals surface area (Å²) in [5.74, 6) is 0. The average molecular weight is 262 g/mol. The van der Waals surface area contributed by atoms with Gasteiger partial charge in [0, 0.05) is 16.7 Å².